The van der Waals surface area contributed by atoms with Gasteiger partial charge in [-0.25, -0.2) is 5.43 Å². The van der Waals surface area contributed by atoms with Gasteiger partial charge in [0, 0.05) is 16.7 Å². The molecule has 2 nitrogen and oxygen atoms in total. The molecule has 106 valence electrons. The van der Waals surface area contributed by atoms with Crippen molar-refractivity contribution < 1.29 is 13.2 Å². The van der Waals surface area contributed by atoms with E-state index in [1.54, 1.807) is 6.07 Å². The summed E-state index contributed by atoms with van der Waals surface area (Å²) in [6, 6.07) is 13.2. The molecule has 0 bridgehead atoms. The molecule has 0 heterocycles. The summed E-state index contributed by atoms with van der Waals surface area (Å²) in [5, 5.41) is 0. The van der Waals surface area contributed by atoms with Crippen molar-refractivity contribution in [1.82, 2.24) is 5.43 Å². The Morgan fingerprint density at radius 3 is 2.35 bits per heavy atom. The summed E-state index contributed by atoms with van der Waals surface area (Å²) >= 11 is 3.09. The van der Waals surface area contributed by atoms with Crippen molar-refractivity contribution in [1.29, 1.82) is 0 Å². The third-order valence-corrected chi connectivity index (χ3v) is 3.04. The first kappa shape index (κ1) is 14.9. The molecule has 0 amide bonds. The summed E-state index contributed by atoms with van der Waals surface area (Å²) in [6.45, 7) is 0.275. The molecule has 2 N–H and O–H groups in total. The zero-order valence-electron chi connectivity index (χ0n) is 10.3. The molecule has 0 atom stereocenters. The number of para-hydroxylation sites is 1. The van der Waals surface area contributed by atoms with Crippen LogP contribution in [0.3, 0.4) is 0 Å². The summed E-state index contributed by atoms with van der Waals surface area (Å²) in [7, 11) is 0. The van der Waals surface area contributed by atoms with Gasteiger partial charge in [0.25, 0.3) is 0 Å². The second-order valence-electron chi connectivity index (χ2n) is 4.19. The summed E-state index contributed by atoms with van der Waals surface area (Å²) in [6.07, 6.45) is -4.34. The second kappa shape index (κ2) is 6.28. The summed E-state index contributed by atoms with van der Waals surface area (Å²) in [5.74, 6) is 0. The smallest absolute Gasteiger partial charge is 0.321 e. The molecule has 0 aliphatic heterocycles. The number of halogens is 4. The van der Waals surface area contributed by atoms with Crippen LogP contribution in [-0.4, -0.2) is 0 Å². The number of alkyl halides is 3. The number of anilines is 1. The van der Waals surface area contributed by atoms with Gasteiger partial charge < -0.3 is 5.43 Å². The maximum absolute atomic E-state index is 12.7. The van der Waals surface area contributed by atoms with Crippen molar-refractivity contribution in [2.24, 2.45) is 0 Å². The normalized spacial score (nSPS) is 11.4. The topological polar surface area (TPSA) is 24.1 Å². The summed E-state index contributed by atoms with van der Waals surface area (Å²) in [4.78, 5) is 0. The molecule has 0 aromatic heterocycles. The molecule has 2 aromatic rings. The van der Waals surface area contributed by atoms with Crippen molar-refractivity contribution >= 4 is 21.6 Å². The van der Waals surface area contributed by atoms with Crippen molar-refractivity contribution in [3.8, 4) is 0 Å². The van der Waals surface area contributed by atoms with E-state index < -0.39 is 11.7 Å². The number of nitrogens with one attached hydrogen (secondary N) is 2. The highest BCUT2D eigenvalue weighted by Crippen LogP contribution is 2.31. The van der Waals surface area contributed by atoms with Gasteiger partial charge in [-0.2, -0.15) is 13.2 Å². The minimum absolute atomic E-state index is 0.275. The van der Waals surface area contributed by atoms with E-state index in [4.69, 9.17) is 0 Å². The molecular weight excluding hydrogens is 333 g/mol. The Morgan fingerprint density at radius 1 is 1.00 bits per heavy atom. The molecule has 0 aliphatic carbocycles. The van der Waals surface area contributed by atoms with E-state index in [0.29, 0.717) is 10.0 Å². The van der Waals surface area contributed by atoms with Crippen LogP contribution in [0.2, 0.25) is 0 Å². The highest BCUT2D eigenvalue weighted by Gasteiger charge is 2.30. The first-order valence-electron chi connectivity index (χ1n) is 5.86. The first-order valence-corrected chi connectivity index (χ1v) is 6.65. The quantitative estimate of drug-likeness (QED) is 0.793. The predicted molar refractivity (Wildman–Crippen MR) is 76.0 cm³/mol. The minimum Gasteiger partial charge on any atom is -0.321 e. The lowest BCUT2D eigenvalue weighted by Gasteiger charge is -2.12. The van der Waals surface area contributed by atoms with E-state index in [0.717, 1.165) is 17.8 Å². The lowest BCUT2D eigenvalue weighted by molar-refractivity contribution is -0.137. The Bertz CT molecular complexity index is 570. The van der Waals surface area contributed by atoms with Gasteiger partial charge in [-0.3, -0.25) is 0 Å². The van der Waals surface area contributed by atoms with E-state index in [-0.39, 0.29) is 6.54 Å². The van der Waals surface area contributed by atoms with Crippen LogP contribution in [0.4, 0.5) is 18.9 Å². The molecule has 0 saturated heterocycles. The van der Waals surface area contributed by atoms with Crippen LogP contribution < -0.4 is 10.9 Å². The standard InChI is InChI=1S/C14H12BrF3N2/c15-12-7-10(6-11(8-12)14(16,17)18)9-19-20-13-4-2-1-3-5-13/h1-8,19-20H,9H2. The number of hydrogen-bond acceptors (Lipinski definition) is 2. The monoisotopic (exact) mass is 344 g/mol. The molecule has 0 spiro atoms. The highest BCUT2D eigenvalue weighted by atomic mass is 79.9. The van der Waals surface area contributed by atoms with Crippen LogP contribution in [0.15, 0.2) is 53.0 Å². The van der Waals surface area contributed by atoms with Crippen LogP contribution in [-0.2, 0) is 12.7 Å². The van der Waals surface area contributed by atoms with Crippen LogP contribution in [0.1, 0.15) is 11.1 Å². The molecule has 2 aromatic carbocycles. The minimum atomic E-state index is -4.34. The Morgan fingerprint density at radius 2 is 1.70 bits per heavy atom. The van der Waals surface area contributed by atoms with Gasteiger partial charge in [0.1, 0.15) is 0 Å². The SMILES string of the molecule is FC(F)(F)c1cc(Br)cc(CNNc2ccccc2)c1. The second-order valence-corrected chi connectivity index (χ2v) is 5.11. The Labute approximate surface area is 123 Å². The van der Waals surface area contributed by atoms with Crippen molar-refractivity contribution in [3.63, 3.8) is 0 Å². The molecule has 0 fully saturated rings. The van der Waals surface area contributed by atoms with E-state index in [9.17, 15) is 13.2 Å². The molecule has 0 unspecified atom stereocenters. The number of benzene rings is 2. The highest BCUT2D eigenvalue weighted by molar-refractivity contribution is 9.10. The van der Waals surface area contributed by atoms with Gasteiger partial charge in [-0.05, 0) is 35.9 Å². The molecule has 6 heteroatoms. The van der Waals surface area contributed by atoms with Gasteiger partial charge in [-0.15, -0.1) is 0 Å². The zero-order chi connectivity index (χ0) is 14.6. The van der Waals surface area contributed by atoms with Gasteiger partial charge in [0.2, 0.25) is 0 Å². The number of hydrazine groups is 1. The Kier molecular flexibility index (Phi) is 4.67. The van der Waals surface area contributed by atoms with Crippen LogP contribution in [0.5, 0.6) is 0 Å². The molecular formula is C14H12BrF3N2. The largest absolute Gasteiger partial charge is 0.416 e. The molecule has 2 rings (SSSR count). The predicted octanol–water partition coefficient (Wildman–Crippen LogP) is 4.58. The average molecular weight is 345 g/mol. The maximum Gasteiger partial charge on any atom is 0.416 e. The van der Waals surface area contributed by atoms with Gasteiger partial charge in [0.05, 0.1) is 5.56 Å². The van der Waals surface area contributed by atoms with Gasteiger partial charge in [0.15, 0.2) is 0 Å². The van der Waals surface area contributed by atoms with E-state index in [1.165, 1.54) is 0 Å². The van der Waals surface area contributed by atoms with E-state index in [1.807, 2.05) is 30.3 Å². The maximum atomic E-state index is 12.7. The number of rotatable bonds is 4. The first-order chi connectivity index (χ1) is 9.45. The third kappa shape index (κ3) is 4.25. The fraction of sp³-hybridized carbons (Fsp3) is 0.143. The van der Waals surface area contributed by atoms with Crippen LogP contribution in [0, 0.1) is 0 Å². The van der Waals surface area contributed by atoms with Crippen molar-refractivity contribution in [2.75, 3.05) is 5.43 Å². The van der Waals surface area contributed by atoms with E-state index in [2.05, 4.69) is 26.8 Å². The fourth-order valence-corrected chi connectivity index (χ4v) is 2.23. The number of hydrogen-bond donors (Lipinski definition) is 2. The zero-order valence-corrected chi connectivity index (χ0v) is 11.9. The molecule has 0 radical (unpaired) electrons. The molecule has 20 heavy (non-hydrogen) atoms. The van der Waals surface area contributed by atoms with E-state index >= 15 is 0 Å². The Hall–Kier alpha value is -1.53. The molecule has 0 aliphatic rings. The summed E-state index contributed by atoms with van der Waals surface area (Å²) < 4.78 is 38.4. The molecule has 0 saturated carbocycles. The third-order valence-electron chi connectivity index (χ3n) is 2.58. The van der Waals surface area contributed by atoms with Crippen LogP contribution >= 0.6 is 15.9 Å². The van der Waals surface area contributed by atoms with Gasteiger partial charge in [-0.1, -0.05) is 34.1 Å². The summed E-state index contributed by atoms with van der Waals surface area (Å²) in [5.41, 5.74) is 6.53. The lowest BCUT2D eigenvalue weighted by Crippen LogP contribution is -2.21. The fourth-order valence-electron chi connectivity index (χ4n) is 1.69. The van der Waals surface area contributed by atoms with Crippen LogP contribution in [0.25, 0.3) is 0 Å². The lowest BCUT2D eigenvalue weighted by atomic mass is 10.1. The van der Waals surface area contributed by atoms with Crippen molar-refractivity contribution in [2.45, 2.75) is 12.7 Å². The van der Waals surface area contributed by atoms with Gasteiger partial charge >= 0.3 is 6.18 Å². The van der Waals surface area contributed by atoms with Crippen molar-refractivity contribution in [3.05, 3.63) is 64.1 Å². The average Bonchev–Trinajstić information content (AvgIpc) is 2.38. The Balaban J connectivity index is 2.01.